The van der Waals surface area contributed by atoms with Gasteiger partial charge in [0.05, 0.1) is 24.7 Å². The van der Waals surface area contributed by atoms with Crippen molar-refractivity contribution in [1.82, 2.24) is 9.21 Å². The highest BCUT2D eigenvalue weighted by Crippen LogP contribution is 2.38. The van der Waals surface area contributed by atoms with Crippen LogP contribution in [0.1, 0.15) is 24.8 Å². The zero-order valence-electron chi connectivity index (χ0n) is 19.4. The van der Waals surface area contributed by atoms with Gasteiger partial charge in [0.25, 0.3) is 0 Å². The molecule has 34 heavy (non-hydrogen) atoms. The molecule has 0 aromatic heterocycles. The maximum absolute atomic E-state index is 13.5. The SMILES string of the molecule is Cc1cc(F)ccc1S(=O)(=O)N1CCC(COc2ccccc2)(CC(=O)N2CCOCC2)CC1. The van der Waals surface area contributed by atoms with Gasteiger partial charge < -0.3 is 14.4 Å². The maximum Gasteiger partial charge on any atom is 0.243 e. The summed E-state index contributed by atoms with van der Waals surface area (Å²) < 4.78 is 52.9. The Morgan fingerprint density at radius 1 is 1.06 bits per heavy atom. The number of para-hydroxylation sites is 1. The van der Waals surface area contributed by atoms with Crippen LogP contribution in [0.15, 0.2) is 53.4 Å². The fraction of sp³-hybridized carbons (Fsp3) is 0.480. The Kier molecular flexibility index (Phi) is 7.54. The molecule has 0 radical (unpaired) electrons. The second kappa shape index (κ2) is 10.4. The lowest BCUT2D eigenvalue weighted by Crippen LogP contribution is -2.49. The average Bonchev–Trinajstić information content (AvgIpc) is 2.84. The quantitative estimate of drug-likeness (QED) is 0.596. The number of hydrogen-bond acceptors (Lipinski definition) is 5. The van der Waals surface area contributed by atoms with E-state index in [1.807, 2.05) is 35.2 Å². The van der Waals surface area contributed by atoms with E-state index in [9.17, 15) is 17.6 Å². The Morgan fingerprint density at radius 3 is 2.38 bits per heavy atom. The van der Waals surface area contributed by atoms with Crippen molar-refractivity contribution in [2.45, 2.75) is 31.1 Å². The number of benzene rings is 2. The Morgan fingerprint density at radius 2 is 1.74 bits per heavy atom. The minimum atomic E-state index is -3.76. The van der Waals surface area contributed by atoms with Crippen molar-refractivity contribution in [1.29, 1.82) is 0 Å². The van der Waals surface area contributed by atoms with E-state index >= 15 is 0 Å². The molecule has 0 N–H and O–H groups in total. The highest BCUT2D eigenvalue weighted by molar-refractivity contribution is 7.89. The summed E-state index contributed by atoms with van der Waals surface area (Å²) in [6.07, 6.45) is 1.29. The summed E-state index contributed by atoms with van der Waals surface area (Å²) in [4.78, 5) is 15.0. The van der Waals surface area contributed by atoms with Gasteiger partial charge in [0, 0.05) is 38.0 Å². The smallest absolute Gasteiger partial charge is 0.243 e. The zero-order valence-corrected chi connectivity index (χ0v) is 20.2. The molecule has 2 aliphatic rings. The summed E-state index contributed by atoms with van der Waals surface area (Å²) in [5, 5.41) is 0. The molecule has 2 aliphatic heterocycles. The molecule has 2 aromatic carbocycles. The van der Waals surface area contributed by atoms with Crippen molar-refractivity contribution in [3.05, 3.63) is 59.9 Å². The second-order valence-corrected chi connectivity index (χ2v) is 11.0. The predicted octanol–water partition coefficient (Wildman–Crippen LogP) is 3.23. The maximum atomic E-state index is 13.5. The minimum Gasteiger partial charge on any atom is -0.493 e. The van der Waals surface area contributed by atoms with Crippen molar-refractivity contribution in [2.24, 2.45) is 5.41 Å². The topological polar surface area (TPSA) is 76.2 Å². The van der Waals surface area contributed by atoms with E-state index in [2.05, 4.69) is 0 Å². The molecule has 1 amide bonds. The lowest BCUT2D eigenvalue weighted by molar-refractivity contribution is -0.139. The summed E-state index contributed by atoms with van der Waals surface area (Å²) in [6.45, 7) is 4.67. The van der Waals surface area contributed by atoms with Crippen molar-refractivity contribution >= 4 is 15.9 Å². The molecule has 0 atom stereocenters. The number of hydrogen-bond donors (Lipinski definition) is 0. The molecule has 2 fully saturated rings. The van der Waals surface area contributed by atoms with E-state index in [1.165, 1.54) is 22.5 Å². The van der Waals surface area contributed by atoms with Gasteiger partial charge in [0.1, 0.15) is 11.6 Å². The minimum absolute atomic E-state index is 0.0469. The first kappa shape index (κ1) is 24.6. The molecule has 184 valence electrons. The van der Waals surface area contributed by atoms with Crippen molar-refractivity contribution < 1.29 is 27.1 Å². The number of piperidine rings is 1. The second-order valence-electron chi connectivity index (χ2n) is 9.09. The fourth-order valence-corrected chi connectivity index (χ4v) is 6.26. The number of ether oxygens (including phenoxy) is 2. The Bertz CT molecular complexity index is 1100. The van der Waals surface area contributed by atoms with Crippen LogP contribution in [0.25, 0.3) is 0 Å². The number of nitrogens with zero attached hydrogens (tertiary/aromatic N) is 2. The molecule has 0 aliphatic carbocycles. The van der Waals surface area contributed by atoms with Crippen LogP contribution in [-0.4, -0.2) is 69.5 Å². The van der Waals surface area contributed by atoms with Gasteiger partial charge in [-0.1, -0.05) is 18.2 Å². The molecular formula is C25H31FN2O5S. The Balaban J connectivity index is 1.50. The summed E-state index contributed by atoms with van der Waals surface area (Å²) in [6, 6.07) is 13.2. The highest BCUT2D eigenvalue weighted by Gasteiger charge is 2.42. The lowest BCUT2D eigenvalue weighted by atomic mass is 9.76. The first-order chi connectivity index (χ1) is 16.3. The van der Waals surface area contributed by atoms with Crippen LogP contribution in [0.5, 0.6) is 5.75 Å². The molecule has 7 nitrogen and oxygen atoms in total. The summed E-state index contributed by atoms with van der Waals surface area (Å²) >= 11 is 0. The third kappa shape index (κ3) is 5.59. The normalized spacial score (nSPS) is 19.1. The molecule has 0 saturated carbocycles. The zero-order chi connectivity index (χ0) is 24.2. The fourth-order valence-electron chi connectivity index (χ4n) is 4.61. The Hall–Kier alpha value is -2.49. The number of rotatable bonds is 7. The van der Waals surface area contributed by atoms with Crippen molar-refractivity contribution in [3.63, 3.8) is 0 Å². The van der Waals surface area contributed by atoms with Gasteiger partial charge in [0.2, 0.25) is 15.9 Å². The molecule has 9 heteroatoms. The van der Waals surface area contributed by atoms with Crippen LogP contribution >= 0.6 is 0 Å². The van der Waals surface area contributed by atoms with Crippen LogP contribution < -0.4 is 4.74 Å². The molecule has 2 aromatic rings. The number of halogens is 1. The van der Waals surface area contributed by atoms with Gasteiger partial charge in [-0.3, -0.25) is 4.79 Å². The van der Waals surface area contributed by atoms with E-state index in [0.29, 0.717) is 57.7 Å². The summed E-state index contributed by atoms with van der Waals surface area (Å²) in [5.74, 6) is 0.303. The van der Waals surface area contributed by atoms with Gasteiger partial charge in [0.15, 0.2) is 0 Å². The number of morpholine rings is 1. The third-order valence-corrected chi connectivity index (χ3v) is 8.77. The predicted molar refractivity (Wildman–Crippen MR) is 126 cm³/mol. The molecule has 0 spiro atoms. The molecule has 0 unspecified atom stereocenters. The largest absolute Gasteiger partial charge is 0.493 e. The number of sulfonamides is 1. The Labute approximate surface area is 200 Å². The van der Waals surface area contributed by atoms with Crippen LogP contribution in [0.3, 0.4) is 0 Å². The van der Waals surface area contributed by atoms with Crippen LogP contribution in [0.4, 0.5) is 4.39 Å². The van der Waals surface area contributed by atoms with Gasteiger partial charge >= 0.3 is 0 Å². The first-order valence-electron chi connectivity index (χ1n) is 11.6. The van der Waals surface area contributed by atoms with Gasteiger partial charge in [-0.25, -0.2) is 12.8 Å². The number of carbonyl (C=O) groups excluding carboxylic acids is 1. The van der Waals surface area contributed by atoms with E-state index in [0.717, 1.165) is 5.75 Å². The van der Waals surface area contributed by atoms with Crippen molar-refractivity contribution in [3.8, 4) is 5.75 Å². The van der Waals surface area contributed by atoms with Crippen LogP contribution in [0.2, 0.25) is 0 Å². The monoisotopic (exact) mass is 490 g/mol. The standard InChI is InChI=1S/C25H31FN2O5S/c1-20-17-21(26)7-8-23(20)34(30,31)28-11-9-25(10-12-28,19-33-22-5-3-2-4-6-22)18-24(29)27-13-15-32-16-14-27/h2-8,17H,9-16,18-19H2,1H3. The van der Waals surface area contributed by atoms with Gasteiger partial charge in [-0.2, -0.15) is 4.31 Å². The number of aryl methyl sites for hydroxylation is 1. The van der Waals surface area contributed by atoms with E-state index < -0.39 is 21.3 Å². The van der Waals surface area contributed by atoms with Crippen LogP contribution in [0, 0.1) is 18.2 Å². The number of amides is 1. The average molecular weight is 491 g/mol. The molecule has 2 heterocycles. The summed E-state index contributed by atoms with van der Waals surface area (Å²) in [7, 11) is -3.76. The molecular weight excluding hydrogens is 459 g/mol. The highest BCUT2D eigenvalue weighted by atomic mass is 32.2. The molecule has 4 rings (SSSR count). The third-order valence-electron chi connectivity index (χ3n) is 6.72. The van der Waals surface area contributed by atoms with Crippen LogP contribution in [-0.2, 0) is 19.6 Å². The first-order valence-corrected chi connectivity index (χ1v) is 13.0. The van der Waals surface area contributed by atoms with E-state index in [-0.39, 0.29) is 23.9 Å². The summed E-state index contributed by atoms with van der Waals surface area (Å²) in [5.41, 5.74) is -0.0959. The molecule has 0 bridgehead atoms. The van der Waals surface area contributed by atoms with E-state index in [4.69, 9.17) is 9.47 Å². The van der Waals surface area contributed by atoms with Gasteiger partial charge in [-0.15, -0.1) is 0 Å². The van der Waals surface area contributed by atoms with Gasteiger partial charge in [-0.05, 0) is 55.7 Å². The number of carbonyl (C=O) groups is 1. The van der Waals surface area contributed by atoms with Crippen molar-refractivity contribution in [2.75, 3.05) is 46.0 Å². The molecule has 2 saturated heterocycles. The lowest BCUT2D eigenvalue weighted by Gasteiger charge is -2.42. The van der Waals surface area contributed by atoms with E-state index in [1.54, 1.807) is 6.92 Å².